The van der Waals surface area contributed by atoms with Crippen molar-refractivity contribution in [2.75, 3.05) is 0 Å². The summed E-state index contributed by atoms with van der Waals surface area (Å²) in [5, 5.41) is 9.09. The lowest BCUT2D eigenvalue weighted by atomic mass is 10.2. The molecule has 0 saturated carbocycles. The number of aryl methyl sites for hydroxylation is 1. The molecule has 0 unspecified atom stereocenters. The van der Waals surface area contributed by atoms with E-state index in [1.54, 1.807) is 19.1 Å². The molecule has 4 nitrogen and oxygen atoms in total. The maximum Gasteiger partial charge on any atom is 0.255 e. The Morgan fingerprint density at radius 3 is 3.00 bits per heavy atom. The van der Waals surface area contributed by atoms with Crippen molar-refractivity contribution in [1.82, 2.24) is 15.5 Å². The van der Waals surface area contributed by atoms with Gasteiger partial charge in [-0.3, -0.25) is 9.89 Å². The third-order valence-corrected chi connectivity index (χ3v) is 3.01. The van der Waals surface area contributed by atoms with E-state index in [0.29, 0.717) is 16.8 Å². The zero-order valence-electron chi connectivity index (χ0n) is 9.63. The van der Waals surface area contributed by atoms with Gasteiger partial charge in [0.25, 0.3) is 5.91 Å². The zero-order chi connectivity index (χ0) is 13.1. The molecule has 0 saturated heterocycles. The monoisotopic (exact) mass is 311 g/mol. The number of halogens is 2. The molecule has 18 heavy (non-hydrogen) atoms. The zero-order valence-corrected chi connectivity index (χ0v) is 11.2. The van der Waals surface area contributed by atoms with E-state index < -0.39 is 0 Å². The minimum absolute atomic E-state index is 0.134. The van der Waals surface area contributed by atoms with Crippen LogP contribution in [0.3, 0.4) is 0 Å². The van der Waals surface area contributed by atoms with Gasteiger partial charge in [0.15, 0.2) is 0 Å². The molecule has 0 aliphatic carbocycles. The summed E-state index contributed by atoms with van der Waals surface area (Å²) in [5.41, 5.74) is 1.58. The van der Waals surface area contributed by atoms with E-state index in [2.05, 4.69) is 31.4 Å². The van der Waals surface area contributed by atoms with Gasteiger partial charge in [-0.25, -0.2) is 4.39 Å². The molecule has 2 rings (SSSR count). The van der Waals surface area contributed by atoms with Crippen LogP contribution in [0.1, 0.15) is 21.6 Å². The van der Waals surface area contributed by atoms with Crippen LogP contribution in [0.2, 0.25) is 0 Å². The number of benzene rings is 1. The van der Waals surface area contributed by atoms with Gasteiger partial charge in [0, 0.05) is 22.3 Å². The van der Waals surface area contributed by atoms with Crippen LogP contribution in [-0.2, 0) is 6.54 Å². The first kappa shape index (κ1) is 12.8. The Kier molecular flexibility index (Phi) is 3.76. The Balaban J connectivity index is 2.06. The average molecular weight is 312 g/mol. The van der Waals surface area contributed by atoms with Crippen LogP contribution in [0, 0.1) is 12.7 Å². The average Bonchev–Trinajstić information content (AvgIpc) is 2.76. The lowest BCUT2D eigenvalue weighted by Gasteiger charge is -2.06. The first-order chi connectivity index (χ1) is 8.58. The molecule has 0 atom stereocenters. The molecule has 2 N–H and O–H groups in total. The molecule has 94 valence electrons. The first-order valence-electron chi connectivity index (χ1n) is 5.30. The Hall–Kier alpha value is -1.69. The quantitative estimate of drug-likeness (QED) is 0.915. The van der Waals surface area contributed by atoms with Crippen LogP contribution < -0.4 is 5.32 Å². The van der Waals surface area contributed by atoms with Gasteiger partial charge >= 0.3 is 0 Å². The van der Waals surface area contributed by atoms with Gasteiger partial charge in [-0.05, 0) is 25.1 Å². The van der Waals surface area contributed by atoms with Gasteiger partial charge in [0.05, 0.1) is 11.8 Å². The highest BCUT2D eigenvalue weighted by Crippen LogP contribution is 2.15. The highest BCUT2D eigenvalue weighted by molar-refractivity contribution is 9.10. The molecular formula is C12H11BrFN3O. The van der Waals surface area contributed by atoms with Crippen molar-refractivity contribution in [2.45, 2.75) is 13.5 Å². The van der Waals surface area contributed by atoms with Crippen molar-refractivity contribution in [3.63, 3.8) is 0 Å². The van der Waals surface area contributed by atoms with E-state index in [9.17, 15) is 9.18 Å². The number of carbonyl (C=O) groups is 1. The summed E-state index contributed by atoms with van der Waals surface area (Å²) in [6.45, 7) is 1.89. The second kappa shape index (κ2) is 5.30. The predicted molar refractivity (Wildman–Crippen MR) is 68.6 cm³/mol. The van der Waals surface area contributed by atoms with Crippen molar-refractivity contribution in [3.8, 4) is 0 Å². The fourth-order valence-corrected chi connectivity index (χ4v) is 1.94. The van der Waals surface area contributed by atoms with E-state index in [4.69, 9.17) is 0 Å². The number of nitrogens with one attached hydrogen (secondary N) is 2. The number of H-pyrrole nitrogens is 1. The van der Waals surface area contributed by atoms with E-state index in [-0.39, 0.29) is 18.3 Å². The van der Waals surface area contributed by atoms with Crippen molar-refractivity contribution in [1.29, 1.82) is 0 Å². The fraction of sp³-hybridized carbons (Fsp3) is 0.167. The third-order valence-electron chi connectivity index (χ3n) is 2.52. The van der Waals surface area contributed by atoms with E-state index in [0.717, 1.165) is 4.47 Å². The van der Waals surface area contributed by atoms with Crippen LogP contribution in [0.5, 0.6) is 0 Å². The Morgan fingerprint density at radius 2 is 2.33 bits per heavy atom. The maximum absolute atomic E-state index is 13.5. The lowest BCUT2D eigenvalue weighted by molar-refractivity contribution is 0.0950. The molecule has 0 fully saturated rings. The molecule has 6 heteroatoms. The van der Waals surface area contributed by atoms with Crippen molar-refractivity contribution in [3.05, 3.63) is 51.5 Å². The molecule has 0 radical (unpaired) electrons. The van der Waals surface area contributed by atoms with Crippen LogP contribution in [-0.4, -0.2) is 16.1 Å². The molecule has 1 aromatic carbocycles. The van der Waals surface area contributed by atoms with Crippen LogP contribution in [0.4, 0.5) is 4.39 Å². The highest BCUT2D eigenvalue weighted by Gasteiger charge is 2.11. The van der Waals surface area contributed by atoms with Crippen LogP contribution in [0.15, 0.2) is 28.9 Å². The Labute approximate surface area is 112 Å². The first-order valence-corrected chi connectivity index (χ1v) is 6.09. The van der Waals surface area contributed by atoms with E-state index in [1.807, 2.05) is 0 Å². The van der Waals surface area contributed by atoms with Crippen molar-refractivity contribution >= 4 is 21.8 Å². The van der Waals surface area contributed by atoms with Gasteiger partial charge in [-0.2, -0.15) is 5.10 Å². The molecule has 1 amide bonds. The number of carbonyl (C=O) groups excluding carboxylic acids is 1. The summed E-state index contributed by atoms with van der Waals surface area (Å²) >= 11 is 3.26. The topological polar surface area (TPSA) is 57.8 Å². The standard InChI is InChI=1S/C12H11BrFN3O/c1-7-10(6-16-17-7)12(18)15-5-8-4-9(13)2-3-11(8)14/h2-4,6H,5H2,1H3,(H,15,18)(H,16,17). The SMILES string of the molecule is Cc1[nH]ncc1C(=O)NCc1cc(Br)ccc1F. The van der Waals surface area contributed by atoms with Crippen molar-refractivity contribution in [2.24, 2.45) is 0 Å². The number of hydrogen-bond donors (Lipinski definition) is 2. The summed E-state index contributed by atoms with van der Waals surface area (Å²) in [7, 11) is 0. The molecule has 2 aromatic rings. The molecule has 0 aliphatic heterocycles. The second-order valence-corrected chi connectivity index (χ2v) is 4.74. The normalized spacial score (nSPS) is 10.4. The Bertz CT molecular complexity index is 582. The number of amides is 1. The summed E-state index contributed by atoms with van der Waals surface area (Å²) < 4.78 is 14.2. The summed E-state index contributed by atoms with van der Waals surface area (Å²) in [5.74, 6) is -0.622. The van der Waals surface area contributed by atoms with Gasteiger partial charge in [-0.1, -0.05) is 15.9 Å². The van der Waals surface area contributed by atoms with Gasteiger partial charge in [0.1, 0.15) is 5.82 Å². The van der Waals surface area contributed by atoms with Crippen LogP contribution >= 0.6 is 15.9 Å². The largest absolute Gasteiger partial charge is 0.348 e. The van der Waals surface area contributed by atoms with E-state index >= 15 is 0 Å². The number of nitrogens with zero attached hydrogens (tertiary/aromatic N) is 1. The van der Waals surface area contributed by atoms with Crippen LogP contribution in [0.25, 0.3) is 0 Å². The van der Waals surface area contributed by atoms with E-state index in [1.165, 1.54) is 12.3 Å². The Morgan fingerprint density at radius 1 is 1.56 bits per heavy atom. The highest BCUT2D eigenvalue weighted by atomic mass is 79.9. The number of hydrogen-bond acceptors (Lipinski definition) is 2. The maximum atomic E-state index is 13.5. The summed E-state index contributed by atoms with van der Waals surface area (Å²) in [6, 6.07) is 4.60. The minimum Gasteiger partial charge on any atom is -0.348 e. The predicted octanol–water partition coefficient (Wildman–Crippen LogP) is 2.55. The van der Waals surface area contributed by atoms with Gasteiger partial charge in [-0.15, -0.1) is 0 Å². The molecule has 0 aliphatic rings. The molecule has 0 bridgehead atoms. The smallest absolute Gasteiger partial charge is 0.255 e. The molecule has 1 aromatic heterocycles. The van der Waals surface area contributed by atoms with Gasteiger partial charge < -0.3 is 5.32 Å². The molecule has 1 heterocycles. The minimum atomic E-state index is -0.345. The fourth-order valence-electron chi connectivity index (χ4n) is 1.53. The number of rotatable bonds is 3. The molecular weight excluding hydrogens is 301 g/mol. The lowest BCUT2D eigenvalue weighted by Crippen LogP contribution is -2.23. The third kappa shape index (κ3) is 2.76. The van der Waals surface area contributed by atoms with Crippen molar-refractivity contribution < 1.29 is 9.18 Å². The number of aromatic nitrogens is 2. The summed E-state index contributed by atoms with van der Waals surface area (Å²) in [4.78, 5) is 11.8. The van der Waals surface area contributed by atoms with Gasteiger partial charge in [0.2, 0.25) is 0 Å². The second-order valence-electron chi connectivity index (χ2n) is 3.83. The molecule has 0 spiro atoms. The summed E-state index contributed by atoms with van der Waals surface area (Å²) in [6.07, 6.45) is 1.45. The number of aromatic amines is 1.